The summed E-state index contributed by atoms with van der Waals surface area (Å²) in [6, 6.07) is 21.1. The van der Waals surface area contributed by atoms with E-state index in [-0.39, 0.29) is 0 Å². The second-order valence-electron chi connectivity index (χ2n) is 3.32. The molecule has 0 aliphatic carbocycles. The van der Waals surface area contributed by atoms with Crippen LogP contribution >= 0.6 is 0 Å². The summed E-state index contributed by atoms with van der Waals surface area (Å²) < 4.78 is 3.03. The Kier molecular flexibility index (Phi) is 12.5. The summed E-state index contributed by atoms with van der Waals surface area (Å²) in [6.45, 7) is 0. The summed E-state index contributed by atoms with van der Waals surface area (Å²) in [5.74, 6) is 0. The molecule has 86 valence electrons. The van der Waals surface area contributed by atoms with Crippen LogP contribution in [0.15, 0.2) is 60.7 Å². The van der Waals surface area contributed by atoms with Crippen molar-refractivity contribution in [2.75, 3.05) is 0 Å². The Bertz CT molecular complexity index is 358. The number of hydrogen-bond donors (Lipinski definition) is 3. The molecular weight excluding hydrogens is 604 g/mol. The molecule has 0 aliphatic heterocycles. The van der Waals surface area contributed by atoms with Crippen LogP contribution in [0.3, 0.4) is 0 Å². The topological polar surface area (TPSA) is 60.7 Å². The first-order chi connectivity index (χ1) is 8.52. The van der Waals surface area contributed by atoms with Gasteiger partial charge in [-0.2, -0.15) is 0 Å². The van der Waals surface area contributed by atoms with Crippen molar-refractivity contribution in [1.29, 1.82) is 0 Å². The first kappa shape index (κ1) is 18.3. The van der Waals surface area contributed by atoms with Crippen LogP contribution in [0.5, 0.6) is 0 Å². The summed E-state index contributed by atoms with van der Waals surface area (Å²) in [7, 11) is -2.17. The molecule has 3 N–H and O–H groups in total. The van der Waals surface area contributed by atoms with Crippen molar-refractivity contribution < 1.29 is 67.3 Å². The molecule has 0 radical (unpaired) electrons. The van der Waals surface area contributed by atoms with E-state index in [0.29, 0.717) is 0 Å². The van der Waals surface area contributed by atoms with E-state index < -0.39 is 7.32 Å². The molecule has 0 fully saturated rings. The number of rotatable bonds is 0. The van der Waals surface area contributed by atoms with Gasteiger partial charge in [0.15, 0.2) is 0 Å². The average Bonchev–Trinajstić information content (AvgIpc) is 2.31. The van der Waals surface area contributed by atoms with Crippen molar-refractivity contribution in [3.05, 3.63) is 60.7 Å². The van der Waals surface area contributed by atoms with E-state index in [0.717, 1.165) is 52.2 Å². The van der Waals surface area contributed by atoms with Crippen molar-refractivity contribution in [2.45, 2.75) is 0 Å². The zero-order valence-electron chi connectivity index (χ0n) is 10.1. The second kappa shape index (κ2) is 12.3. The molecule has 0 amide bonds. The van der Waals surface area contributed by atoms with Crippen LogP contribution in [0, 0.1) is 0 Å². The molecule has 0 saturated carbocycles. The predicted molar refractivity (Wildman–Crippen MR) is 64.6 cm³/mol. The van der Waals surface area contributed by atoms with E-state index in [4.69, 9.17) is 15.1 Å². The molecule has 0 unspecified atom stereocenters. The quantitative estimate of drug-likeness (QED) is 0.356. The number of hydrogen-bond acceptors (Lipinski definition) is 3. The van der Waals surface area contributed by atoms with Gasteiger partial charge in [0.2, 0.25) is 0 Å². The van der Waals surface area contributed by atoms with Gasteiger partial charge in [-0.05, 0) is 0 Å². The van der Waals surface area contributed by atoms with E-state index in [9.17, 15) is 0 Å². The van der Waals surface area contributed by atoms with Crippen LogP contribution in [-0.2, 0) is 52.2 Å². The van der Waals surface area contributed by atoms with Gasteiger partial charge >= 0.3 is 126 Å². The fraction of sp³-hybridized carbons (Fsp3) is 0. The summed E-state index contributed by atoms with van der Waals surface area (Å²) >= 11 is 1.62. The standard InChI is InChI=1S/2C6H5.BH3O3.2Hg/c2*1-2-4-6-5-3-1;2-1(3)4;;/h2*1-5H;2-4H;;. The van der Waals surface area contributed by atoms with E-state index in [2.05, 4.69) is 60.7 Å². The maximum atomic E-state index is 7.17. The van der Waals surface area contributed by atoms with Crippen molar-refractivity contribution >= 4 is 13.5 Å². The minimum absolute atomic E-state index is 0.810. The van der Waals surface area contributed by atoms with Crippen LogP contribution in [0.4, 0.5) is 0 Å². The van der Waals surface area contributed by atoms with Crippen molar-refractivity contribution in [3.8, 4) is 0 Å². The normalized spacial score (nSPS) is 8.39. The molecule has 0 atom stereocenters. The fourth-order valence-corrected chi connectivity index (χ4v) is 3.07. The Morgan fingerprint density at radius 3 is 0.944 bits per heavy atom. The Balaban J connectivity index is 0.000000253. The first-order valence-electron chi connectivity index (χ1n) is 5.30. The molecule has 2 aromatic carbocycles. The third-order valence-electron chi connectivity index (χ3n) is 1.69. The second-order valence-corrected chi connectivity index (χ2v) is 9.67. The summed E-state index contributed by atoms with van der Waals surface area (Å²) in [4.78, 5) is 0. The van der Waals surface area contributed by atoms with E-state index >= 15 is 0 Å². The van der Waals surface area contributed by atoms with Crippen molar-refractivity contribution in [2.24, 2.45) is 0 Å². The zero-order chi connectivity index (χ0) is 13.8. The molecule has 0 spiro atoms. The van der Waals surface area contributed by atoms with Crippen LogP contribution in [0.25, 0.3) is 0 Å². The Morgan fingerprint density at radius 1 is 0.611 bits per heavy atom. The first-order valence-corrected chi connectivity index (χ1v) is 10.8. The minimum atomic E-state index is -2.17. The van der Waals surface area contributed by atoms with Gasteiger partial charge in [0.1, 0.15) is 0 Å². The maximum absolute atomic E-state index is 7.17. The van der Waals surface area contributed by atoms with Gasteiger partial charge in [0, 0.05) is 0 Å². The van der Waals surface area contributed by atoms with Gasteiger partial charge in [-0.15, -0.1) is 0 Å². The summed E-state index contributed by atoms with van der Waals surface area (Å²) in [6.07, 6.45) is 0. The molecule has 0 heterocycles. The average molecular weight is 617 g/mol. The Hall–Kier alpha value is 0.255. The summed E-state index contributed by atoms with van der Waals surface area (Å²) in [5.41, 5.74) is 0. The van der Waals surface area contributed by atoms with E-state index in [1.54, 1.807) is 0 Å². The molecule has 3 nitrogen and oxygen atoms in total. The SMILES string of the molecule is OB(O)O.[Hg][c]1ccccc1.[Hg][c]1ccccc1. The van der Waals surface area contributed by atoms with Gasteiger partial charge in [-0.25, -0.2) is 0 Å². The molecule has 2 aromatic rings. The zero-order valence-corrected chi connectivity index (χ0v) is 21.1. The molecule has 0 saturated heterocycles. The van der Waals surface area contributed by atoms with Crippen LogP contribution in [0.2, 0.25) is 0 Å². The fourth-order valence-electron chi connectivity index (χ4n) is 0.956. The molecule has 0 aromatic heterocycles. The molecule has 0 bridgehead atoms. The third kappa shape index (κ3) is 14.3. The monoisotopic (exact) mass is 620 g/mol. The molecular formula is C12H13BHg2O3. The van der Waals surface area contributed by atoms with Gasteiger partial charge < -0.3 is 15.1 Å². The van der Waals surface area contributed by atoms with Crippen LogP contribution in [0.1, 0.15) is 0 Å². The Morgan fingerprint density at radius 2 is 0.833 bits per heavy atom. The van der Waals surface area contributed by atoms with Gasteiger partial charge in [0.05, 0.1) is 0 Å². The summed E-state index contributed by atoms with van der Waals surface area (Å²) in [5, 5.41) is 21.5. The Labute approximate surface area is 140 Å². The van der Waals surface area contributed by atoms with Crippen molar-refractivity contribution in [3.63, 3.8) is 0 Å². The third-order valence-corrected chi connectivity index (χ3v) is 5.35. The number of benzene rings is 2. The van der Waals surface area contributed by atoms with Gasteiger partial charge in [0.25, 0.3) is 0 Å². The predicted octanol–water partition coefficient (Wildman–Crippen LogP) is -0.334. The van der Waals surface area contributed by atoms with Crippen LogP contribution < -0.4 is 6.14 Å². The van der Waals surface area contributed by atoms with E-state index in [1.165, 1.54) is 6.14 Å². The van der Waals surface area contributed by atoms with Crippen molar-refractivity contribution in [1.82, 2.24) is 0 Å². The molecule has 0 aliphatic rings. The van der Waals surface area contributed by atoms with Gasteiger partial charge in [-0.1, -0.05) is 0 Å². The van der Waals surface area contributed by atoms with E-state index in [1.807, 2.05) is 0 Å². The molecule has 18 heavy (non-hydrogen) atoms. The molecule has 2 rings (SSSR count). The molecule has 6 heteroatoms. The van der Waals surface area contributed by atoms with Gasteiger partial charge in [-0.3, -0.25) is 0 Å². The van der Waals surface area contributed by atoms with Crippen LogP contribution in [-0.4, -0.2) is 22.4 Å².